The van der Waals surface area contributed by atoms with Crippen LogP contribution < -0.4 is 0 Å². The SMILES string of the molecule is O=COCl.OCc1ccccc1. The summed E-state index contributed by atoms with van der Waals surface area (Å²) < 4.78 is 3.33. The lowest BCUT2D eigenvalue weighted by Crippen LogP contribution is -1.77. The van der Waals surface area contributed by atoms with E-state index in [1.807, 2.05) is 30.3 Å². The molecule has 0 aliphatic rings. The summed E-state index contributed by atoms with van der Waals surface area (Å²) in [5, 5.41) is 8.54. The molecule has 0 amide bonds. The second kappa shape index (κ2) is 8.04. The van der Waals surface area contributed by atoms with Crippen LogP contribution in [0.25, 0.3) is 0 Å². The first kappa shape index (κ1) is 10.9. The first-order chi connectivity index (χ1) is 5.85. The third-order valence-corrected chi connectivity index (χ3v) is 1.13. The minimum atomic E-state index is 0.140. The largest absolute Gasteiger partial charge is 0.392 e. The number of carbonyl (C=O) groups excluding carboxylic acids is 1. The molecule has 0 spiro atoms. The number of aliphatic hydroxyl groups is 1. The molecule has 0 bridgehead atoms. The highest BCUT2D eigenvalue weighted by molar-refractivity contribution is 6.10. The zero-order valence-electron chi connectivity index (χ0n) is 6.31. The maximum Gasteiger partial charge on any atom is 0.312 e. The highest BCUT2D eigenvalue weighted by atomic mass is 35.5. The molecule has 0 radical (unpaired) electrons. The van der Waals surface area contributed by atoms with Gasteiger partial charge in [-0.1, -0.05) is 30.3 Å². The predicted molar refractivity (Wildman–Crippen MR) is 45.4 cm³/mol. The van der Waals surface area contributed by atoms with Crippen molar-refractivity contribution in [2.45, 2.75) is 6.61 Å². The fourth-order valence-corrected chi connectivity index (χ4v) is 0.583. The van der Waals surface area contributed by atoms with Crippen LogP contribution >= 0.6 is 11.9 Å². The van der Waals surface area contributed by atoms with E-state index in [0.29, 0.717) is 0 Å². The topological polar surface area (TPSA) is 46.5 Å². The van der Waals surface area contributed by atoms with E-state index in [9.17, 15) is 0 Å². The molecule has 1 N–H and O–H groups in total. The Kier molecular flexibility index (Phi) is 7.33. The summed E-state index contributed by atoms with van der Waals surface area (Å²) in [6.07, 6.45) is 0. The predicted octanol–water partition coefficient (Wildman–Crippen LogP) is 1.49. The molecular weight excluding hydrogens is 180 g/mol. The van der Waals surface area contributed by atoms with Crippen LogP contribution in [0.1, 0.15) is 5.56 Å². The second-order valence-electron chi connectivity index (χ2n) is 1.83. The van der Waals surface area contributed by atoms with E-state index in [-0.39, 0.29) is 13.1 Å². The number of rotatable bonds is 2. The summed E-state index contributed by atoms with van der Waals surface area (Å²) in [6, 6.07) is 9.52. The Hall–Kier alpha value is -1.06. The number of halogens is 1. The van der Waals surface area contributed by atoms with E-state index in [4.69, 9.17) is 9.90 Å². The molecule has 0 aliphatic heterocycles. The average Bonchev–Trinajstić information content (AvgIpc) is 2.19. The van der Waals surface area contributed by atoms with E-state index in [0.717, 1.165) is 5.56 Å². The quantitative estimate of drug-likeness (QED) is 0.716. The molecule has 12 heavy (non-hydrogen) atoms. The lowest BCUT2D eigenvalue weighted by Gasteiger charge is -1.89. The zero-order chi connectivity index (χ0) is 9.23. The molecule has 0 unspecified atom stereocenters. The molecule has 1 aromatic carbocycles. The van der Waals surface area contributed by atoms with Crippen molar-refractivity contribution in [1.82, 2.24) is 0 Å². The van der Waals surface area contributed by atoms with E-state index in [1.165, 1.54) is 0 Å². The van der Waals surface area contributed by atoms with Gasteiger partial charge in [0, 0.05) is 0 Å². The van der Waals surface area contributed by atoms with Crippen LogP contribution in [0.3, 0.4) is 0 Å². The monoisotopic (exact) mass is 188 g/mol. The smallest absolute Gasteiger partial charge is 0.312 e. The van der Waals surface area contributed by atoms with Crippen molar-refractivity contribution in [3.63, 3.8) is 0 Å². The molecule has 0 saturated carbocycles. The number of carbonyl (C=O) groups is 1. The van der Waals surface area contributed by atoms with Crippen molar-refractivity contribution < 1.29 is 14.2 Å². The standard InChI is InChI=1S/C7H8O.CHClO2/c8-6-7-4-2-1-3-5-7;2-4-1-3/h1-5,8H,6H2;1H. The molecule has 1 rings (SSSR count). The summed E-state index contributed by atoms with van der Waals surface area (Å²) >= 11 is 4.32. The second-order valence-corrected chi connectivity index (χ2v) is 2.01. The lowest BCUT2D eigenvalue weighted by atomic mass is 10.2. The van der Waals surface area contributed by atoms with Crippen LogP contribution in [0, 0.1) is 0 Å². The fraction of sp³-hybridized carbons (Fsp3) is 0.125. The average molecular weight is 189 g/mol. The van der Waals surface area contributed by atoms with Crippen LogP contribution in [0.5, 0.6) is 0 Å². The maximum absolute atomic E-state index is 8.82. The first-order valence-electron chi connectivity index (χ1n) is 3.21. The Bertz CT molecular complexity index is 201. The molecule has 0 atom stereocenters. The Morgan fingerprint density at radius 1 is 1.42 bits per heavy atom. The van der Waals surface area contributed by atoms with Gasteiger partial charge in [0.25, 0.3) is 0 Å². The minimum absolute atomic E-state index is 0.140. The van der Waals surface area contributed by atoms with Gasteiger partial charge in [0.05, 0.1) is 6.61 Å². The lowest BCUT2D eigenvalue weighted by molar-refractivity contribution is -0.120. The van der Waals surface area contributed by atoms with E-state index in [1.54, 1.807) is 0 Å². The molecule has 0 heterocycles. The summed E-state index contributed by atoms with van der Waals surface area (Å²) in [5.41, 5.74) is 0.965. The molecule has 0 aromatic heterocycles. The summed E-state index contributed by atoms with van der Waals surface area (Å²) in [5.74, 6) is 0. The van der Waals surface area contributed by atoms with Crippen LogP contribution in [0.4, 0.5) is 0 Å². The normalized spacial score (nSPS) is 7.83. The molecule has 4 heteroatoms. The van der Waals surface area contributed by atoms with Crippen molar-refractivity contribution >= 4 is 18.3 Å². The molecule has 3 nitrogen and oxygen atoms in total. The van der Waals surface area contributed by atoms with Crippen molar-refractivity contribution in [3.05, 3.63) is 35.9 Å². The van der Waals surface area contributed by atoms with E-state index < -0.39 is 0 Å². The van der Waals surface area contributed by atoms with Crippen molar-refractivity contribution in [3.8, 4) is 0 Å². The summed E-state index contributed by atoms with van der Waals surface area (Å²) in [7, 11) is 0. The van der Waals surface area contributed by atoms with Crippen LogP contribution in [-0.2, 0) is 15.7 Å². The number of hydrogen-bond acceptors (Lipinski definition) is 3. The van der Waals surface area contributed by atoms with Gasteiger partial charge in [0.15, 0.2) is 0 Å². The Morgan fingerprint density at radius 3 is 2.17 bits per heavy atom. The highest BCUT2D eigenvalue weighted by Gasteiger charge is 1.81. The Labute approximate surface area is 75.7 Å². The van der Waals surface area contributed by atoms with Crippen LogP contribution in [-0.4, -0.2) is 11.6 Å². The van der Waals surface area contributed by atoms with Crippen LogP contribution in [0.2, 0.25) is 0 Å². The zero-order valence-corrected chi connectivity index (χ0v) is 7.07. The third-order valence-electron chi connectivity index (χ3n) is 1.06. The van der Waals surface area contributed by atoms with Gasteiger partial charge < -0.3 is 9.40 Å². The van der Waals surface area contributed by atoms with Gasteiger partial charge in [-0.2, -0.15) is 0 Å². The molecule has 0 aliphatic carbocycles. The first-order valence-corrected chi connectivity index (χ1v) is 3.51. The fourth-order valence-electron chi connectivity index (χ4n) is 0.583. The summed E-state index contributed by atoms with van der Waals surface area (Å²) in [4.78, 5) is 8.82. The minimum Gasteiger partial charge on any atom is -0.392 e. The van der Waals surface area contributed by atoms with Crippen molar-refractivity contribution in [2.75, 3.05) is 0 Å². The number of aliphatic hydroxyl groups excluding tert-OH is 1. The van der Waals surface area contributed by atoms with Gasteiger partial charge in [-0.05, 0) is 5.56 Å². The number of benzene rings is 1. The third kappa shape index (κ3) is 5.70. The van der Waals surface area contributed by atoms with Gasteiger partial charge in [-0.25, -0.2) is 0 Å². The molecular formula is C8H9ClO3. The van der Waals surface area contributed by atoms with Crippen molar-refractivity contribution in [2.24, 2.45) is 0 Å². The molecule has 1 aromatic rings. The molecule has 0 fully saturated rings. The van der Waals surface area contributed by atoms with E-state index >= 15 is 0 Å². The van der Waals surface area contributed by atoms with Gasteiger partial charge in [-0.15, -0.1) is 0 Å². The van der Waals surface area contributed by atoms with Crippen LogP contribution in [0.15, 0.2) is 30.3 Å². The maximum atomic E-state index is 8.82. The Morgan fingerprint density at radius 2 is 1.92 bits per heavy atom. The van der Waals surface area contributed by atoms with Gasteiger partial charge >= 0.3 is 6.47 Å². The van der Waals surface area contributed by atoms with Gasteiger partial charge in [-0.3, -0.25) is 4.79 Å². The van der Waals surface area contributed by atoms with E-state index in [2.05, 4.69) is 16.2 Å². The molecule has 66 valence electrons. The van der Waals surface area contributed by atoms with Crippen molar-refractivity contribution in [1.29, 1.82) is 0 Å². The Balaban J connectivity index is 0.000000261. The number of hydrogen-bond donors (Lipinski definition) is 1. The van der Waals surface area contributed by atoms with Gasteiger partial charge in [0.1, 0.15) is 11.9 Å². The molecule has 0 saturated heterocycles. The summed E-state index contributed by atoms with van der Waals surface area (Å²) in [6.45, 7) is 0.280. The highest BCUT2D eigenvalue weighted by Crippen LogP contribution is 1.95. The van der Waals surface area contributed by atoms with Gasteiger partial charge in [0.2, 0.25) is 0 Å².